The lowest BCUT2D eigenvalue weighted by Crippen LogP contribution is -2.02. The lowest BCUT2D eigenvalue weighted by molar-refractivity contribution is 1.01. The van der Waals surface area contributed by atoms with Crippen molar-refractivity contribution in [3.8, 4) is 11.3 Å². The number of nitrogens with zero attached hydrogens (tertiary/aromatic N) is 2. The monoisotopic (exact) mass is 227 g/mol. The van der Waals surface area contributed by atoms with Crippen molar-refractivity contribution in [3.63, 3.8) is 0 Å². The highest BCUT2D eigenvalue weighted by atomic mass is 15.1. The molecule has 1 aromatic heterocycles. The first kappa shape index (κ1) is 11.6. The first-order chi connectivity index (χ1) is 8.13. The van der Waals surface area contributed by atoms with E-state index in [0.29, 0.717) is 5.82 Å². The van der Waals surface area contributed by atoms with Gasteiger partial charge in [-0.15, -0.1) is 10.2 Å². The molecule has 3 nitrogen and oxygen atoms in total. The molecule has 0 radical (unpaired) electrons. The Morgan fingerprint density at radius 2 is 1.88 bits per heavy atom. The van der Waals surface area contributed by atoms with Crippen molar-refractivity contribution in [3.05, 3.63) is 41.0 Å². The maximum absolute atomic E-state index is 5.75. The van der Waals surface area contributed by atoms with Gasteiger partial charge in [-0.3, -0.25) is 0 Å². The number of hydrogen-bond acceptors (Lipinski definition) is 3. The van der Waals surface area contributed by atoms with Gasteiger partial charge in [-0.05, 0) is 43.0 Å². The first-order valence-electron chi connectivity index (χ1n) is 5.82. The molecule has 0 aliphatic heterocycles. The Hall–Kier alpha value is -1.90. The summed E-state index contributed by atoms with van der Waals surface area (Å²) >= 11 is 0. The molecule has 0 bridgehead atoms. The molecule has 1 heterocycles. The summed E-state index contributed by atoms with van der Waals surface area (Å²) in [5, 5.41) is 8.21. The molecule has 0 saturated carbocycles. The average Bonchev–Trinajstić information content (AvgIpc) is 2.36. The molecule has 0 amide bonds. The molecule has 3 heteroatoms. The molecule has 0 aliphatic rings. The van der Waals surface area contributed by atoms with Crippen LogP contribution in [0.1, 0.15) is 23.6 Å². The zero-order valence-electron chi connectivity index (χ0n) is 10.5. The fourth-order valence-corrected chi connectivity index (χ4v) is 1.84. The van der Waals surface area contributed by atoms with Crippen LogP contribution in [0.2, 0.25) is 0 Å². The molecule has 0 saturated heterocycles. The highest BCUT2D eigenvalue weighted by Crippen LogP contribution is 2.25. The van der Waals surface area contributed by atoms with Gasteiger partial charge in [0.1, 0.15) is 5.82 Å². The fraction of sp³-hybridized carbons (Fsp3) is 0.286. The molecule has 0 spiro atoms. The Labute approximate surface area is 102 Å². The third-order valence-corrected chi connectivity index (χ3v) is 3.17. The summed E-state index contributed by atoms with van der Waals surface area (Å²) in [4.78, 5) is 0. The van der Waals surface area contributed by atoms with Gasteiger partial charge in [0.25, 0.3) is 0 Å². The van der Waals surface area contributed by atoms with E-state index in [-0.39, 0.29) is 0 Å². The lowest BCUT2D eigenvalue weighted by atomic mass is 10.0. The molecule has 1 aromatic carbocycles. The topological polar surface area (TPSA) is 51.8 Å². The highest BCUT2D eigenvalue weighted by Gasteiger charge is 2.09. The molecule has 0 aliphatic carbocycles. The first-order valence-corrected chi connectivity index (χ1v) is 5.82. The van der Waals surface area contributed by atoms with Crippen LogP contribution in [0.5, 0.6) is 0 Å². The summed E-state index contributed by atoms with van der Waals surface area (Å²) < 4.78 is 0. The molecular formula is C14H17N3. The number of nitrogen functional groups attached to an aromatic ring is 1. The molecule has 2 aromatic rings. The van der Waals surface area contributed by atoms with Gasteiger partial charge in [0.05, 0.1) is 5.69 Å². The fourth-order valence-electron chi connectivity index (χ4n) is 1.84. The van der Waals surface area contributed by atoms with Gasteiger partial charge < -0.3 is 5.73 Å². The van der Waals surface area contributed by atoms with Crippen LogP contribution in [0, 0.1) is 13.8 Å². The third kappa shape index (κ3) is 2.13. The predicted octanol–water partition coefficient (Wildman–Crippen LogP) is 2.91. The minimum absolute atomic E-state index is 0.512. The standard InChI is InChI=1S/C14H17N3/c1-4-11-6-5-7-12(8-11)13-9(2)10(3)14(15)17-16-13/h5-8H,4H2,1-3H3,(H2,15,17). The van der Waals surface area contributed by atoms with Crippen molar-refractivity contribution in [2.75, 3.05) is 5.73 Å². The Morgan fingerprint density at radius 1 is 1.12 bits per heavy atom. The lowest BCUT2D eigenvalue weighted by Gasteiger charge is -2.09. The maximum atomic E-state index is 5.75. The van der Waals surface area contributed by atoms with E-state index in [9.17, 15) is 0 Å². The summed E-state index contributed by atoms with van der Waals surface area (Å²) in [6.45, 7) is 6.16. The van der Waals surface area contributed by atoms with Crippen LogP contribution < -0.4 is 5.73 Å². The molecule has 0 atom stereocenters. The van der Waals surface area contributed by atoms with Gasteiger partial charge in [0.2, 0.25) is 0 Å². The summed E-state index contributed by atoms with van der Waals surface area (Å²) in [7, 11) is 0. The molecular weight excluding hydrogens is 210 g/mol. The van der Waals surface area contributed by atoms with Crippen LogP contribution in [-0.4, -0.2) is 10.2 Å². The minimum atomic E-state index is 0.512. The maximum Gasteiger partial charge on any atom is 0.149 e. The van der Waals surface area contributed by atoms with Gasteiger partial charge in [-0.25, -0.2) is 0 Å². The van der Waals surface area contributed by atoms with Crippen LogP contribution >= 0.6 is 0 Å². The predicted molar refractivity (Wildman–Crippen MR) is 70.7 cm³/mol. The summed E-state index contributed by atoms with van der Waals surface area (Å²) in [6.07, 6.45) is 1.02. The van der Waals surface area contributed by atoms with Crippen molar-refractivity contribution in [1.29, 1.82) is 0 Å². The second-order valence-corrected chi connectivity index (χ2v) is 4.24. The van der Waals surface area contributed by atoms with Gasteiger partial charge in [0, 0.05) is 5.56 Å². The average molecular weight is 227 g/mol. The Bertz CT molecular complexity index is 547. The minimum Gasteiger partial charge on any atom is -0.382 e. The van der Waals surface area contributed by atoms with Gasteiger partial charge >= 0.3 is 0 Å². The number of nitrogens with two attached hydrogens (primary N) is 1. The largest absolute Gasteiger partial charge is 0.382 e. The Morgan fingerprint density at radius 3 is 2.59 bits per heavy atom. The molecule has 88 valence electrons. The van der Waals surface area contributed by atoms with Crippen LogP contribution in [0.4, 0.5) is 5.82 Å². The van der Waals surface area contributed by atoms with Crippen LogP contribution in [0.3, 0.4) is 0 Å². The van der Waals surface area contributed by atoms with Gasteiger partial charge in [0.15, 0.2) is 0 Å². The number of benzene rings is 1. The third-order valence-electron chi connectivity index (χ3n) is 3.17. The number of anilines is 1. The number of aromatic nitrogens is 2. The normalized spacial score (nSPS) is 10.5. The second kappa shape index (κ2) is 4.53. The van der Waals surface area contributed by atoms with E-state index in [4.69, 9.17) is 5.73 Å². The van der Waals surface area contributed by atoms with Crippen molar-refractivity contribution in [2.24, 2.45) is 0 Å². The van der Waals surface area contributed by atoms with Crippen molar-refractivity contribution in [1.82, 2.24) is 10.2 Å². The second-order valence-electron chi connectivity index (χ2n) is 4.24. The molecule has 2 N–H and O–H groups in total. The number of aryl methyl sites for hydroxylation is 1. The van der Waals surface area contributed by atoms with Crippen molar-refractivity contribution >= 4 is 5.82 Å². The SMILES string of the molecule is CCc1cccc(-c2nnc(N)c(C)c2C)c1. The van der Waals surface area contributed by atoms with Crippen molar-refractivity contribution in [2.45, 2.75) is 27.2 Å². The molecule has 17 heavy (non-hydrogen) atoms. The smallest absolute Gasteiger partial charge is 0.149 e. The van der Waals surface area contributed by atoms with E-state index in [0.717, 1.165) is 28.8 Å². The van der Waals surface area contributed by atoms with E-state index in [1.54, 1.807) is 0 Å². The zero-order valence-corrected chi connectivity index (χ0v) is 10.5. The number of rotatable bonds is 2. The summed E-state index contributed by atoms with van der Waals surface area (Å²) in [5.74, 6) is 0.512. The molecule has 0 fully saturated rings. The quantitative estimate of drug-likeness (QED) is 0.858. The summed E-state index contributed by atoms with van der Waals surface area (Å²) in [6, 6.07) is 8.40. The van der Waals surface area contributed by atoms with E-state index in [1.807, 2.05) is 13.8 Å². The highest BCUT2D eigenvalue weighted by molar-refractivity contribution is 5.66. The van der Waals surface area contributed by atoms with E-state index >= 15 is 0 Å². The van der Waals surface area contributed by atoms with E-state index in [1.165, 1.54) is 5.56 Å². The summed E-state index contributed by atoms with van der Waals surface area (Å²) in [5.41, 5.74) is 11.2. The van der Waals surface area contributed by atoms with Crippen molar-refractivity contribution < 1.29 is 0 Å². The van der Waals surface area contributed by atoms with Crippen LogP contribution in [0.25, 0.3) is 11.3 Å². The Kier molecular flexibility index (Phi) is 3.09. The van der Waals surface area contributed by atoms with Crippen LogP contribution in [0.15, 0.2) is 24.3 Å². The molecule has 2 rings (SSSR count). The number of hydrogen-bond donors (Lipinski definition) is 1. The van der Waals surface area contributed by atoms with Gasteiger partial charge in [-0.2, -0.15) is 0 Å². The van der Waals surface area contributed by atoms with E-state index < -0.39 is 0 Å². The zero-order chi connectivity index (χ0) is 12.4. The molecule has 0 unspecified atom stereocenters. The Balaban J connectivity index is 2.56. The van der Waals surface area contributed by atoms with Gasteiger partial charge in [-0.1, -0.05) is 25.1 Å². The van der Waals surface area contributed by atoms with E-state index in [2.05, 4.69) is 41.4 Å². The van der Waals surface area contributed by atoms with Crippen LogP contribution in [-0.2, 0) is 6.42 Å².